The molecule has 0 aliphatic rings. The number of nitrogens with one attached hydrogen (secondary N) is 2. The van der Waals surface area contributed by atoms with Crippen molar-refractivity contribution in [2.75, 3.05) is 19.5 Å². The molecule has 7 heteroatoms. The number of para-hydroxylation sites is 1. The third-order valence-electron chi connectivity index (χ3n) is 3.05. The molecule has 120 valence electrons. The minimum atomic E-state index is -0.677. The van der Waals surface area contributed by atoms with Crippen LogP contribution < -0.4 is 5.32 Å². The number of nitrogens with zero attached hydrogens (tertiary/aromatic N) is 1. The Bertz CT molecular complexity index is 749. The van der Waals surface area contributed by atoms with Gasteiger partial charge in [-0.25, -0.2) is 9.59 Å². The number of aryl methyl sites for hydroxylation is 1. The van der Waals surface area contributed by atoms with Crippen LogP contribution in [0, 0.1) is 6.92 Å². The molecule has 1 aromatic carbocycles. The lowest BCUT2D eigenvalue weighted by molar-refractivity contribution is -0.138. The molecule has 0 fully saturated rings. The van der Waals surface area contributed by atoms with Crippen LogP contribution in [0.5, 0.6) is 0 Å². The number of aromatic nitrogens is 2. The molecule has 0 unspecified atom stereocenters. The van der Waals surface area contributed by atoms with Crippen molar-refractivity contribution in [3.05, 3.63) is 47.8 Å². The van der Waals surface area contributed by atoms with Gasteiger partial charge in [-0.2, -0.15) is 5.10 Å². The van der Waals surface area contributed by atoms with Crippen molar-refractivity contribution in [3.8, 4) is 11.3 Å². The van der Waals surface area contributed by atoms with E-state index < -0.39 is 11.9 Å². The summed E-state index contributed by atoms with van der Waals surface area (Å²) in [5.74, 6) is -1.34. The van der Waals surface area contributed by atoms with E-state index in [1.807, 2.05) is 25.1 Å². The van der Waals surface area contributed by atoms with Gasteiger partial charge in [0.05, 0.1) is 26.0 Å². The molecule has 2 rings (SSSR count). The van der Waals surface area contributed by atoms with E-state index in [1.165, 1.54) is 14.2 Å². The first-order chi connectivity index (χ1) is 11.0. The normalized spacial score (nSPS) is 11.0. The summed E-state index contributed by atoms with van der Waals surface area (Å²) in [5.41, 5.74) is 2.98. The second-order valence-corrected chi connectivity index (χ2v) is 4.68. The van der Waals surface area contributed by atoms with E-state index >= 15 is 0 Å². The summed E-state index contributed by atoms with van der Waals surface area (Å²) in [6.07, 6.45) is 1.04. The monoisotopic (exact) mass is 315 g/mol. The van der Waals surface area contributed by atoms with Crippen molar-refractivity contribution in [2.45, 2.75) is 6.92 Å². The number of H-pyrrole nitrogens is 1. The first kappa shape index (κ1) is 16.3. The maximum Gasteiger partial charge on any atom is 0.354 e. The van der Waals surface area contributed by atoms with Gasteiger partial charge in [0.1, 0.15) is 5.70 Å². The molecule has 1 heterocycles. The Labute approximate surface area is 133 Å². The second kappa shape index (κ2) is 7.26. The van der Waals surface area contributed by atoms with E-state index in [1.54, 1.807) is 12.1 Å². The predicted octanol–water partition coefficient (Wildman–Crippen LogP) is 2.03. The van der Waals surface area contributed by atoms with Gasteiger partial charge in [0, 0.05) is 16.9 Å². The molecule has 0 radical (unpaired) electrons. The number of carbonyl (C=O) groups excluding carboxylic acids is 2. The lowest BCUT2D eigenvalue weighted by atomic mass is 10.1. The number of esters is 2. The van der Waals surface area contributed by atoms with E-state index in [-0.39, 0.29) is 5.70 Å². The predicted molar refractivity (Wildman–Crippen MR) is 84.5 cm³/mol. The van der Waals surface area contributed by atoms with Gasteiger partial charge >= 0.3 is 11.9 Å². The van der Waals surface area contributed by atoms with E-state index in [0.717, 1.165) is 17.3 Å². The van der Waals surface area contributed by atoms with Crippen molar-refractivity contribution in [3.63, 3.8) is 0 Å². The van der Waals surface area contributed by atoms with Crippen molar-refractivity contribution < 1.29 is 19.1 Å². The Balaban J connectivity index is 2.39. The zero-order chi connectivity index (χ0) is 16.8. The molecule has 0 bridgehead atoms. The molecule has 0 amide bonds. The Kier molecular flexibility index (Phi) is 5.14. The Morgan fingerprint density at radius 2 is 1.96 bits per heavy atom. The number of rotatable bonds is 5. The van der Waals surface area contributed by atoms with E-state index in [2.05, 4.69) is 25.0 Å². The summed E-state index contributed by atoms with van der Waals surface area (Å²) in [7, 11) is 2.46. The van der Waals surface area contributed by atoms with Gasteiger partial charge in [0.15, 0.2) is 0 Å². The minimum Gasteiger partial charge on any atom is -0.466 e. The fourth-order valence-electron chi connectivity index (χ4n) is 1.95. The third-order valence-corrected chi connectivity index (χ3v) is 3.05. The van der Waals surface area contributed by atoms with Crippen LogP contribution in [-0.2, 0) is 19.1 Å². The molecule has 0 atom stereocenters. The highest BCUT2D eigenvalue weighted by Gasteiger charge is 2.15. The van der Waals surface area contributed by atoms with Gasteiger partial charge in [0.2, 0.25) is 0 Å². The number of aromatic amines is 1. The minimum absolute atomic E-state index is 0.0287. The molecule has 23 heavy (non-hydrogen) atoms. The van der Waals surface area contributed by atoms with Gasteiger partial charge < -0.3 is 14.8 Å². The SMILES string of the molecule is COC(=O)/C=C(/Nc1ccccc1-c1cc(C)[nH]n1)C(=O)OC. The van der Waals surface area contributed by atoms with Gasteiger partial charge in [-0.3, -0.25) is 5.10 Å². The summed E-state index contributed by atoms with van der Waals surface area (Å²) in [5, 5.41) is 9.97. The van der Waals surface area contributed by atoms with Gasteiger partial charge in [-0.05, 0) is 19.1 Å². The lowest BCUT2D eigenvalue weighted by Crippen LogP contribution is -2.15. The number of hydrogen-bond acceptors (Lipinski definition) is 6. The fourth-order valence-corrected chi connectivity index (χ4v) is 1.95. The number of anilines is 1. The Morgan fingerprint density at radius 3 is 2.57 bits per heavy atom. The Morgan fingerprint density at radius 1 is 1.22 bits per heavy atom. The average molecular weight is 315 g/mol. The molecule has 0 saturated heterocycles. The highest BCUT2D eigenvalue weighted by molar-refractivity contribution is 5.99. The summed E-state index contributed by atoms with van der Waals surface area (Å²) in [6.45, 7) is 1.89. The number of carbonyl (C=O) groups is 2. The molecule has 0 aliphatic carbocycles. The molecule has 7 nitrogen and oxygen atoms in total. The maximum atomic E-state index is 11.8. The zero-order valence-corrected chi connectivity index (χ0v) is 13.0. The van der Waals surface area contributed by atoms with Gasteiger partial charge in [-0.15, -0.1) is 0 Å². The quantitative estimate of drug-likeness (QED) is 0.648. The van der Waals surface area contributed by atoms with Crippen LogP contribution in [-0.4, -0.2) is 36.4 Å². The lowest BCUT2D eigenvalue weighted by Gasteiger charge is -2.12. The molecule has 0 saturated carbocycles. The second-order valence-electron chi connectivity index (χ2n) is 4.68. The highest BCUT2D eigenvalue weighted by atomic mass is 16.5. The van der Waals surface area contributed by atoms with Crippen molar-refractivity contribution >= 4 is 17.6 Å². The summed E-state index contributed by atoms with van der Waals surface area (Å²) >= 11 is 0. The van der Waals surface area contributed by atoms with Gasteiger partial charge in [-0.1, -0.05) is 18.2 Å². The van der Waals surface area contributed by atoms with Crippen LogP contribution in [0.15, 0.2) is 42.1 Å². The van der Waals surface area contributed by atoms with Crippen LogP contribution in [0.3, 0.4) is 0 Å². The smallest absolute Gasteiger partial charge is 0.354 e. The first-order valence-electron chi connectivity index (χ1n) is 6.81. The number of ether oxygens (including phenoxy) is 2. The standard InChI is InChI=1S/C16H17N3O4/c1-10-8-13(19-18-10)11-6-4-5-7-12(11)17-14(16(21)23-3)9-15(20)22-2/h4-9,17H,1-3H3,(H,18,19)/b14-9+. The summed E-state index contributed by atoms with van der Waals surface area (Å²) < 4.78 is 9.23. The molecular formula is C16H17N3O4. The van der Waals surface area contributed by atoms with E-state index in [0.29, 0.717) is 11.4 Å². The topological polar surface area (TPSA) is 93.3 Å². The molecule has 2 aromatic rings. The summed E-state index contributed by atoms with van der Waals surface area (Å²) in [6, 6.07) is 9.16. The fraction of sp³-hybridized carbons (Fsp3) is 0.188. The molecule has 0 spiro atoms. The molecule has 0 aliphatic heterocycles. The van der Waals surface area contributed by atoms with E-state index in [9.17, 15) is 9.59 Å². The van der Waals surface area contributed by atoms with Crippen molar-refractivity contribution in [1.82, 2.24) is 10.2 Å². The van der Waals surface area contributed by atoms with Crippen LogP contribution in [0.25, 0.3) is 11.3 Å². The highest BCUT2D eigenvalue weighted by Crippen LogP contribution is 2.27. The molecular weight excluding hydrogens is 298 g/mol. The van der Waals surface area contributed by atoms with Crippen molar-refractivity contribution in [1.29, 1.82) is 0 Å². The number of methoxy groups -OCH3 is 2. The number of hydrogen-bond donors (Lipinski definition) is 2. The van der Waals surface area contributed by atoms with Crippen LogP contribution >= 0.6 is 0 Å². The largest absolute Gasteiger partial charge is 0.466 e. The Hall–Kier alpha value is -3.09. The van der Waals surface area contributed by atoms with Crippen LogP contribution in [0.4, 0.5) is 5.69 Å². The van der Waals surface area contributed by atoms with Crippen LogP contribution in [0.1, 0.15) is 5.69 Å². The summed E-state index contributed by atoms with van der Waals surface area (Å²) in [4.78, 5) is 23.3. The van der Waals surface area contributed by atoms with Crippen molar-refractivity contribution in [2.24, 2.45) is 0 Å². The average Bonchev–Trinajstić information content (AvgIpc) is 3.00. The third kappa shape index (κ3) is 3.97. The molecule has 1 aromatic heterocycles. The number of benzene rings is 1. The van der Waals surface area contributed by atoms with Gasteiger partial charge in [0.25, 0.3) is 0 Å². The first-order valence-corrected chi connectivity index (χ1v) is 6.81. The van der Waals surface area contributed by atoms with E-state index in [4.69, 9.17) is 0 Å². The molecule has 2 N–H and O–H groups in total. The zero-order valence-electron chi connectivity index (χ0n) is 13.0. The maximum absolute atomic E-state index is 11.8. The van der Waals surface area contributed by atoms with Crippen LogP contribution in [0.2, 0.25) is 0 Å².